The minimum atomic E-state index is -0.415. The molecule has 2 amide bonds. The Morgan fingerprint density at radius 3 is 2.45 bits per heavy atom. The van der Waals surface area contributed by atoms with E-state index in [2.05, 4.69) is 39.4 Å². The van der Waals surface area contributed by atoms with E-state index >= 15 is 0 Å². The van der Waals surface area contributed by atoms with Gasteiger partial charge in [-0.15, -0.1) is 0 Å². The third-order valence-electron chi connectivity index (χ3n) is 12.2. The van der Waals surface area contributed by atoms with Crippen molar-refractivity contribution in [1.82, 2.24) is 29.2 Å². The normalized spacial score (nSPS) is 27.1. The highest BCUT2D eigenvalue weighted by Crippen LogP contribution is 2.42. The van der Waals surface area contributed by atoms with Crippen molar-refractivity contribution in [1.29, 1.82) is 0 Å². The van der Waals surface area contributed by atoms with Gasteiger partial charge in [-0.1, -0.05) is 0 Å². The molecule has 3 aliphatic heterocycles. The Bertz CT molecular complexity index is 1650. The average Bonchev–Trinajstić information content (AvgIpc) is 3.79. The zero-order valence-corrected chi connectivity index (χ0v) is 29.0. The van der Waals surface area contributed by atoms with Crippen LogP contribution in [0.4, 0.5) is 4.39 Å². The Kier molecular flexibility index (Phi) is 8.66. The molecule has 5 heterocycles. The number of benzene rings is 1. The van der Waals surface area contributed by atoms with Crippen LogP contribution in [-0.4, -0.2) is 105 Å². The lowest BCUT2D eigenvalue weighted by Crippen LogP contribution is -2.51. The van der Waals surface area contributed by atoms with Gasteiger partial charge in [0.1, 0.15) is 5.82 Å². The van der Waals surface area contributed by atoms with Crippen molar-refractivity contribution >= 4 is 22.7 Å². The van der Waals surface area contributed by atoms with Crippen LogP contribution in [0.15, 0.2) is 36.8 Å². The van der Waals surface area contributed by atoms with Gasteiger partial charge in [0.05, 0.1) is 23.0 Å². The van der Waals surface area contributed by atoms with E-state index in [1.54, 1.807) is 24.9 Å². The van der Waals surface area contributed by atoms with Crippen molar-refractivity contribution in [2.75, 3.05) is 46.3 Å². The molecule has 0 radical (unpaired) electrons. The second-order valence-electron chi connectivity index (χ2n) is 15.4. The van der Waals surface area contributed by atoms with E-state index in [1.807, 2.05) is 31.1 Å². The summed E-state index contributed by atoms with van der Waals surface area (Å²) in [7, 11) is 1.77. The van der Waals surface area contributed by atoms with Gasteiger partial charge in [-0.2, -0.15) is 0 Å². The zero-order chi connectivity index (χ0) is 33.1. The second kappa shape index (κ2) is 12.6. The molecule has 1 aromatic carbocycles. The third kappa shape index (κ3) is 5.99. The molecule has 8 nitrogen and oxygen atoms in total. The predicted molar refractivity (Wildman–Crippen MR) is 183 cm³/mol. The van der Waals surface area contributed by atoms with Crippen LogP contribution in [0.3, 0.4) is 0 Å². The monoisotopic (exact) mass is 642 g/mol. The molecule has 0 N–H and O–H groups in total. The van der Waals surface area contributed by atoms with Gasteiger partial charge >= 0.3 is 0 Å². The number of fused-ring (bicyclic) bond motifs is 2. The van der Waals surface area contributed by atoms with Crippen LogP contribution in [0.25, 0.3) is 16.6 Å². The maximum atomic E-state index is 14.5. The summed E-state index contributed by atoms with van der Waals surface area (Å²) in [6.45, 7) is 16.6. The lowest BCUT2D eigenvalue weighted by molar-refractivity contribution is -0.128. The highest BCUT2D eigenvalue weighted by atomic mass is 19.1. The molecule has 252 valence electrons. The van der Waals surface area contributed by atoms with Crippen molar-refractivity contribution in [2.24, 2.45) is 23.7 Å². The van der Waals surface area contributed by atoms with Crippen molar-refractivity contribution in [3.05, 3.63) is 59.3 Å². The molecular weight excluding hydrogens is 591 g/mol. The van der Waals surface area contributed by atoms with E-state index < -0.39 is 5.82 Å². The van der Waals surface area contributed by atoms with Crippen LogP contribution in [0, 0.1) is 36.4 Å². The quantitative estimate of drug-likeness (QED) is 0.330. The minimum absolute atomic E-state index is 0.00182. The molecule has 4 atom stereocenters. The molecule has 3 saturated heterocycles. The number of aromatic nitrogens is 2. The number of hydrogen-bond donors (Lipinski definition) is 0. The van der Waals surface area contributed by atoms with Crippen LogP contribution < -0.4 is 0 Å². The average molecular weight is 643 g/mol. The Balaban J connectivity index is 1.02. The maximum absolute atomic E-state index is 14.5. The number of pyridine rings is 1. The Labute approximate surface area is 278 Å². The number of amides is 2. The van der Waals surface area contributed by atoms with Crippen molar-refractivity contribution < 1.29 is 14.0 Å². The smallest absolute Gasteiger partial charge is 0.256 e. The Morgan fingerprint density at radius 1 is 1.04 bits per heavy atom. The van der Waals surface area contributed by atoms with Crippen molar-refractivity contribution in [3.63, 3.8) is 0 Å². The topological polar surface area (TPSA) is 64.9 Å². The van der Waals surface area contributed by atoms with Crippen molar-refractivity contribution in [3.8, 4) is 5.69 Å². The molecule has 4 aliphatic rings. The fourth-order valence-electron chi connectivity index (χ4n) is 9.02. The molecule has 1 aliphatic carbocycles. The summed E-state index contributed by atoms with van der Waals surface area (Å²) in [6.07, 6.45) is 10.7. The first-order valence-electron chi connectivity index (χ1n) is 17.7. The number of carbonyl (C=O) groups excluding carboxylic acids is 2. The number of carbonyl (C=O) groups is 2. The summed E-state index contributed by atoms with van der Waals surface area (Å²) < 4.78 is 16.6. The zero-order valence-electron chi connectivity index (χ0n) is 29.0. The van der Waals surface area contributed by atoms with E-state index in [-0.39, 0.29) is 17.9 Å². The van der Waals surface area contributed by atoms with E-state index in [4.69, 9.17) is 0 Å². The van der Waals surface area contributed by atoms with Gasteiger partial charge in [0, 0.05) is 82.6 Å². The maximum Gasteiger partial charge on any atom is 0.256 e. The van der Waals surface area contributed by atoms with Gasteiger partial charge in [-0.25, -0.2) is 4.39 Å². The van der Waals surface area contributed by atoms with Crippen molar-refractivity contribution in [2.45, 2.75) is 78.4 Å². The largest absolute Gasteiger partial charge is 0.342 e. The van der Waals surface area contributed by atoms with Crippen LogP contribution in [0.5, 0.6) is 0 Å². The van der Waals surface area contributed by atoms with Crippen LogP contribution in [0.1, 0.15) is 68.4 Å². The first kappa shape index (κ1) is 32.3. The Morgan fingerprint density at radius 2 is 1.77 bits per heavy atom. The first-order chi connectivity index (χ1) is 22.5. The molecule has 2 unspecified atom stereocenters. The summed E-state index contributed by atoms with van der Waals surface area (Å²) in [5, 5.41) is 1.19. The predicted octanol–water partition coefficient (Wildman–Crippen LogP) is 5.40. The van der Waals surface area contributed by atoms with Gasteiger partial charge in [-0.3, -0.25) is 19.5 Å². The molecule has 3 aromatic rings. The van der Waals surface area contributed by atoms with Crippen LogP contribution >= 0.6 is 0 Å². The molecule has 1 saturated carbocycles. The molecule has 9 heteroatoms. The molecule has 2 aromatic heterocycles. The highest BCUT2D eigenvalue weighted by Gasteiger charge is 2.47. The lowest BCUT2D eigenvalue weighted by Gasteiger charge is -2.46. The number of rotatable bonds is 8. The summed E-state index contributed by atoms with van der Waals surface area (Å²) >= 11 is 0. The number of halogens is 1. The molecular formula is C38H51FN6O2. The highest BCUT2D eigenvalue weighted by molar-refractivity contribution is 5.99. The third-order valence-corrected chi connectivity index (χ3v) is 12.2. The first-order valence-corrected chi connectivity index (χ1v) is 17.7. The van der Waals surface area contributed by atoms with E-state index in [9.17, 15) is 14.0 Å². The number of likely N-dealkylation sites (tertiary alicyclic amines) is 3. The summed E-state index contributed by atoms with van der Waals surface area (Å²) in [4.78, 5) is 39.0. The molecule has 0 bridgehead atoms. The molecule has 0 spiro atoms. The van der Waals surface area contributed by atoms with Gasteiger partial charge in [0.15, 0.2) is 0 Å². The second-order valence-corrected chi connectivity index (χ2v) is 15.4. The molecule has 7 rings (SSSR count). The summed E-state index contributed by atoms with van der Waals surface area (Å²) in [5.74, 6) is 2.26. The van der Waals surface area contributed by atoms with E-state index in [0.29, 0.717) is 41.1 Å². The van der Waals surface area contributed by atoms with E-state index in [0.717, 1.165) is 62.7 Å². The fraction of sp³-hybridized carbons (Fsp3) is 0.605. The number of aryl methyl sites for hydroxylation is 1. The van der Waals surface area contributed by atoms with Crippen LogP contribution in [-0.2, 0) is 11.2 Å². The van der Waals surface area contributed by atoms with E-state index in [1.165, 1.54) is 42.3 Å². The van der Waals surface area contributed by atoms with Crippen LogP contribution in [0.2, 0.25) is 0 Å². The lowest BCUT2D eigenvalue weighted by atomic mass is 9.75. The minimum Gasteiger partial charge on any atom is -0.342 e. The standard InChI is InChI=1S/C38H51FN6O2/c1-23(2)41(6)38(47)34-14-32(39)7-8-35(34)45-22-29(37-24(3)15-40-16-36(37)45)11-27-9-10-42(17-27)25(4)28-12-33(13-28)44-20-30-18-43(26(5)46)19-31(30)21-44/h7-8,14-16,22-23,25,27-28,30-31,33H,9-13,17-21H2,1-6H3/t25?,27-,28-,30+,31?,33+/m0/s1. The molecule has 4 fully saturated rings. The SMILES string of the molecule is CC(=O)N1CC2CN([C@H]3C[C@@H](C(C)N4CC[C@@H](Cc5cn(-c6ccc(F)cc6C(=O)N(C)C(C)C)c6cncc(C)c56)C4)C3)C[C@H]2C1. The van der Waals surface area contributed by atoms with Gasteiger partial charge in [-0.05, 0) is 113 Å². The molecule has 47 heavy (non-hydrogen) atoms. The summed E-state index contributed by atoms with van der Waals surface area (Å²) in [6, 6.07) is 5.83. The Hall–Kier alpha value is -3.30. The van der Waals surface area contributed by atoms with Gasteiger partial charge in [0.2, 0.25) is 5.91 Å². The van der Waals surface area contributed by atoms with Gasteiger partial charge < -0.3 is 19.3 Å². The number of nitrogens with zero attached hydrogens (tertiary/aromatic N) is 6. The summed E-state index contributed by atoms with van der Waals surface area (Å²) in [5.41, 5.74) is 4.39. The van der Waals surface area contributed by atoms with Gasteiger partial charge in [0.25, 0.3) is 5.91 Å². The fourth-order valence-corrected chi connectivity index (χ4v) is 9.02. The number of hydrogen-bond acceptors (Lipinski definition) is 5.